The third-order valence-corrected chi connectivity index (χ3v) is 6.01. The molecule has 0 amide bonds. The van der Waals surface area contributed by atoms with Gasteiger partial charge in [0.1, 0.15) is 16.8 Å². The highest BCUT2D eigenvalue weighted by atomic mass is 35.5. The predicted molar refractivity (Wildman–Crippen MR) is 125 cm³/mol. The largest absolute Gasteiger partial charge is 0.457 e. The Balaban J connectivity index is 1.33. The van der Waals surface area contributed by atoms with Crippen molar-refractivity contribution in [1.82, 2.24) is 20.3 Å². The van der Waals surface area contributed by atoms with Gasteiger partial charge in [0.15, 0.2) is 12.0 Å². The van der Waals surface area contributed by atoms with E-state index in [0.717, 1.165) is 22.9 Å². The quantitative estimate of drug-likeness (QED) is 0.369. The van der Waals surface area contributed by atoms with E-state index in [4.69, 9.17) is 30.2 Å². The molecular formula is C23H22ClN5O5. The topological polar surface area (TPSA) is 124 Å². The van der Waals surface area contributed by atoms with Crippen LogP contribution in [0.15, 0.2) is 34.7 Å². The zero-order valence-corrected chi connectivity index (χ0v) is 19.0. The van der Waals surface area contributed by atoms with E-state index in [1.807, 2.05) is 25.1 Å². The summed E-state index contributed by atoms with van der Waals surface area (Å²) in [6, 6.07) is 9.04. The van der Waals surface area contributed by atoms with E-state index < -0.39 is 6.23 Å². The van der Waals surface area contributed by atoms with Crippen LogP contribution in [-0.4, -0.2) is 52.0 Å². The van der Waals surface area contributed by atoms with Crippen molar-refractivity contribution in [1.29, 1.82) is 0 Å². The Hall–Kier alpha value is -3.18. The smallest absolute Gasteiger partial charge is 0.321 e. The molecule has 34 heavy (non-hydrogen) atoms. The van der Waals surface area contributed by atoms with E-state index in [1.165, 1.54) is 6.07 Å². The Labute approximate surface area is 199 Å². The third kappa shape index (κ3) is 3.98. The van der Waals surface area contributed by atoms with Crippen LogP contribution in [0.5, 0.6) is 17.8 Å². The summed E-state index contributed by atoms with van der Waals surface area (Å²) in [6.07, 6.45) is -0.235. The summed E-state index contributed by atoms with van der Waals surface area (Å²) in [6.45, 7) is 3.78. The normalized spacial score (nSPS) is 22.4. The number of aliphatic hydroxyl groups excluding tert-OH is 1. The predicted octanol–water partition coefficient (Wildman–Crippen LogP) is 3.78. The van der Waals surface area contributed by atoms with Crippen LogP contribution in [0.4, 0.5) is 5.69 Å². The number of aromatic nitrogens is 3. The van der Waals surface area contributed by atoms with Gasteiger partial charge in [-0.3, -0.25) is 5.32 Å². The number of hydrogen-bond donors (Lipinski definition) is 3. The fourth-order valence-electron chi connectivity index (χ4n) is 4.23. The molecule has 1 saturated heterocycles. The molecule has 0 spiro atoms. The molecule has 0 bridgehead atoms. The number of ether oxygens (including phenoxy) is 3. The Morgan fingerprint density at radius 3 is 2.91 bits per heavy atom. The Morgan fingerprint density at radius 1 is 1.15 bits per heavy atom. The van der Waals surface area contributed by atoms with Gasteiger partial charge in [-0.05, 0) is 25.1 Å². The molecule has 3 aromatic heterocycles. The van der Waals surface area contributed by atoms with Crippen molar-refractivity contribution in [2.24, 2.45) is 0 Å². The van der Waals surface area contributed by atoms with Gasteiger partial charge >= 0.3 is 6.01 Å². The minimum atomic E-state index is -0.896. The maximum absolute atomic E-state index is 10.5. The summed E-state index contributed by atoms with van der Waals surface area (Å²) in [5.41, 5.74) is 2.13. The summed E-state index contributed by atoms with van der Waals surface area (Å²) >= 11 is 6.15. The second kappa shape index (κ2) is 8.55. The number of nitrogens with zero attached hydrogens (tertiary/aromatic N) is 3. The molecule has 176 valence electrons. The minimum absolute atomic E-state index is 0.0792. The summed E-state index contributed by atoms with van der Waals surface area (Å²) in [5.74, 6) is 1.03. The molecular weight excluding hydrogens is 462 g/mol. The first-order chi connectivity index (χ1) is 16.5. The van der Waals surface area contributed by atoms with E-state index >= 15 is 0 Å². The molecule has 4 aromatic rings. The second-order valence-electron chi connectivity index (χ2n) is 8.36. The Kier molecular flexibility index (Phi) is 5.37. The van der Waals surface area contributed by atoms with Crippen LogP contribution in [0.2, 0.25) is 5.15 Å². The molecule has 1 unspecified atom stereocenters. The van der Waals surface area contributed by atoms with Crippen LogP contribution in [0.1, 0.15) is 25.3 Å². The van der Waals surface area contributed by atoms with Gasteiger partial charge in [0, 0.05) is 36.5 Å². The number of aliphatic hydroxyl groups is 1. The van der Waals surface area contributed by atoms with Crippen molar-refractivity contribution >= 4 is 39.2 Å². The lowest BCUT2D eigenvalue weighted by atomic mass is 10.1. The summed E-state index contributed by atoms with van der Waals surface area (Å²) in [7, 11) is 0. The SMILES string of the molecule is C[C@@H]1CNc2c(oc3ccc4nc(Oc5cc(Cl)nc(O[C@@H]6CCOC6)n5)ccc4c23)C(O)N1. The van der Waals surface area contributed by atoms with Crippen molar-refractivity contribution in [3.05, 3.63) is 41.2 Å². The first kappa shape index (κ1) is 21.4. The number of furan rings is 1. The van der Waals surface area contributed by atoms with Crippen molar-refractivity contribution in [3.8, 4) is 17.8 Å². The van der Waals surface area contributed by atoms with Gasteiger partial charge in [0.05, 0.1) is 29.8 Å². The maximum atomic E-state index is 10.5. The number of hydrogen-bond acceptors (Lipinski definition) is 10. The fraction of sp³-hybridized carbons (Fsp3) is 0.348. The molecule has 0 radical (unpaired) electrons. The zero-order chi connectivity index (χ0) is 23.2. The van der Waals surface area contributed by atoms with Gasteiger partial charge in [0.25, 0.3) is 0 Å². The van der Waals surface area contributed by atoms with Crippen molar-refractivity contribution < 1.29 is 23.7 Å². The average Bonchev–Trinajstić information content (AvgIpc) is 3.42. The highest BCUT2D eigenvalue weighted by molar-refractivity contribution is 6.29. The molecule has 0 saturated carbocycles. The highest BCUT2D eigenvalue weighted by Gasteiger charge is 2.27. The van der Waals surface area contributed by atoms with Gasteiger partial charge in [-0.2, -0.15) is 9.97 Å². The van der Waals surface area contributed by atoms with Gasteiger partial charge < -0.3 is 29.1 Å². The van der Waals surface area contributed by atoms with Gasteiger partial charge in [-0.15, -0.1) is 0 Å². The van der Waals surface area contributed by atoms with E-state index in [2.05, 4.69) is 25.6 Å². The van der Waals surface area contributed by atoms with Crippen LogP contribution in [0, 0.1) is 0 Å². The van der Waals surface area contributed by atoms with Crippen LogP contribution in [0.3, 0.4) is 0 Å². The van der Waals surface area contributed by atoms with E-state index in [1.54, 1.807) is 6.07 Å². The average molecular weight is 484 g/mol. The number of halogens is 1. The van der Waals surface area contributed by atoms with Gasteiger partial charge in [-0.1, -0.05) is 11.6 Å². The molecule has 0 aliphatic carbocycles. The van der Waals surface area contributed by atoms with Crippen LogP contribution >= 0.6 is 11.6 Å². The van der Waals surface area contributed by atoms with Crippen molar-refractivity contribution in [2.45, 2.75) is 31.7 Å². The number of pyridine rings is 1. The third-order valence-electron chi connectivity index (χ3n) is 5.82. The lowest BCUT2D eigenvalue weighted by molar-refractivity contribution is 0.109. The number of nitrogens with one attached hydrogen (secondary N) is 2. The van der Waals surface area contributed by atoms with E-state index in [-0.39, 0.29) is 29.2 Å². The molecule has 2 aliphatic rings. The summed E-state index contributed by atoms with van der Waals surface area (Å²) in [4.78, 5) is 13.0. The fourth-order valence-corrected chi connectivity index (χ4v) is 4.39. The Bertz CT molecular complexity index is 1370. The molecule has 2 aliphatic heterocycles. The Morgan fingerprint density at radius 2 is 2.06 bits per heavy atom. The molecule has 1 fully saturated rings. The summed E-state index contributed by atoms with van der Waals surface area (Å²) < 4.78 is 22.9. The number of benzene rings is 1. The van der Waals surface area contributed by atoms with Gasteiger partial charge in [-0.25, -0.2) is 4.98 Å². The number of anilines is 1. The first-order valence-electron chi connectivity index (χ1n) is 11.0. The minimum Gasteiger partial charge on any atom is -0.457 e. The second-order valence-corrected chi connectivity index (χ2v) is 8.75. The van der Waals surface area contributed by atoms with E-state index in [9.17, 15) is 5.11 Å². The molecule has 1 aromatic carbocycles. The monoisotopic (exact) mass is 483 g/mol. The molecule has 3 N–H and O–H groups in total. The van der Waals surface area contributed by atoms with Crippen LogP contribution in [0.25, 0.3) is 21.9 Å². The lowest BCUT2D eigenvalue weighted by Crippen LogP contribution is -2.32. The van der Waals surface area contributed by atoms with Crippen LogP contribution in [-0.2, 0) is 4.74 Å². The van der Waals surface area contributed by atoms with Crippen molar-refractivity contribution in [3.63, 3.8) is 0 Å². The zero-order valence-electron chi connectivity index (χ0n) is 18.2. The first-order valence-corrected chi connectivity index (χ1v) is 11.4. The lowest BCUT2D eigenvalue weighted by Gasteiger charge is -2.12. The number of fused-ring (bicyclic) bond motifs is 5. The molecule has 11 heteroatoms. The molecule has 5 heterocycles. The standard InChI is InChI=1S/C23H22ClN5O5/c1-11-9-25-20-19-13-2-5-17(27-14(13)3-4-15(19)33-21(20)22(30)26-11)34-18-8-16(24)28-23(29-18)32-12-6-7-31-10-12/h2-5,8,11-12,22,25-26,30H,6-7,9-10H2,1H3/t11-,12-,22?/m1/s1. The molecule has 3 atom stereocenters. The molecule has 6 rings (SSSR count). The van der Waals surface area contributed by atoms with Crippen molar-refractivity contribution in [2.75, 3.05) is 25.1 Å². The summed E-state index contributed by atoms with van der Waals surface area (Å²) in [5, 5.41) is 18.9. The van der Waals surface area contributed by atoms with E-state index in [0.29, 0.717) is 42.5 Å². The maximum Gasteiger partial charge on any atom is 0.321 e. The highest BCUT2D eigenvalue weighted by Crippen LogP contribution is 2.40. The molecule has 10 nitrogen and oxygen atoms in total. The van der Waals surface area contributed by atoms with Gasteiger partial charge in [0.2, 0.25) is 11.8 Å². The number of rotatable bonds is 4. The van der Waals surface area contributed by atoms with Crippen LogP contribution < -0.4 is 20.1 Å².